The first-order chi connectivity index (χ1) is 10.6. The number of hydrogen-bond donors (Lipinski definition) is 0. The molecule has 6 heteroatoms. The van der Waals surface area contributed by atoms with Crippen LogP contribution in [-0.2, 0) is 11.3 Å². The van der Waals surface area contributed by atoms with E-state index in [0.29, 0.717) is 18.9 Å². The van der Waals surface area contributed by atoms with E-state index in [0.717, 1.165) is 31.6 Å². The van der Waals surface area contributed by atoms with Crippen LogP contribution in [0.25, 0.3) is 0 Å². The SMILES string of the molecule is Cc1ccn(CCC(=O)N2CCCC(c3ncc(C)s3)C2)n1. The molecule has 1 unspecified atom stereocenters. The number of aryl methyl sites for hydroxylation is 3. The van der Waals surface area contributed by atoms with E-state index >= 15 is 0 Å². The number of piperidine rings is 1. The third-order valence-electron chi connectivity index (χ3n) is 4.09. The topological polar surface area (TPSA) is 51.0 Å². The van der Waals surface area contributed by atoms with Crippen molar-refractivity contribution in [3.63, 3.8) is 0 Å². The Kier molecular flexibility index (Phi) is 4.57. The highest BCUT2D eigenvalue weighted by molar-refractivity contribution is 7.11. The van der Waals surface area contributed by atoms with Crippen molar-refractivity contribution in [3.05, 3.63) is 34.0 Å². The molecule has 0 saturated carbocycles. The van der Waals surface area contributed by atoms with Crippen LogP contribution in [0.3, 0.4) is 0 Å². The lowest BCUT2D eigenvalue weighted by molar-refractivity contribution is -0.132. The van der Waals surface area contributed by atoms with Gasteiger partial charge in [0.2, 0.25) is 5.91 Å². The van der Waals surface area contributed by atoms with E-state index in [9.17, 15) is 4.79 Å². The summed E-state index contributed by atoms with van der Waals surface area (Å²) in [5, 5.41) is 5.51. The van der Waals surface area contributed by atoms with Gasteiger partial charge in [-0.3, -0.25) is 9.48 Å². The smallest absolute Gasteiger partial charge is 0.224 e. The van der Waals surface area contributed by atoms with Gasteiger partial charge in [0.1, 0.15) is 0 Å². The van der Waals surface area contributed by atoms with E-state index in [-0.39, 0.29) is 5.91 Å². The third kappa shape index (κ3) is 3.55. The molecule has 1 aliphatic rings. The van der Waals surface area contributed by atoms with Gasteiger partial charge in [-0.05, 0) is 32.8 Å². The lowest BCUT2D eigenvalue weighted by atomic mass is 9.98. The molecule has 0 radical (unpaired) electrons. The molecular formula is C16H22N4OS. The number of amides is 1. The molecular weight excluding hydrogens is 296 g/mol. The van der Waals surface area contributed by atoms with E-state index in [4.69, 9.17) is 0 Å². The molecule has 2 aromatic rings. The van der Waals surface area contributed by atoms with Crippen molar-refractivity contribution >= 4 is 17.2 Å². The van der Waals surface area contributed by atoms with E-state index in [2.05, 4.69) is 17.0 Å². The second kappa shape index (κ2) is 6.60. The Morgan fingerprint density at radius 3 is 3.00 bits per heavy atom. The van der Waals surface area contributed by atoms with E-state index in [1.165, 1.54) is 9.88 Å². The molecule has 3 heterocycles. The number of rotatable bonds is 4. The van der Waals surface area contributed by atoms with Gasteiger partial charge in [0.05, 0.1) is 10.7 Å². The van der Waals surface area contributed by atoms with Crippen molar-refractivity contribution in [2.45, 2.75) is 45.6 Å². The van der Waals surface area contributed by atoms with Crippen molar-refractivity contribution in [3.8, 4) is 0 Å². The summed E-state index contributed by atoms with van der Waals surface area (Å²) < 4.78 is 1.85. The number of thiazole rings is 1. The molecule has 0 aliphatic carbocycles. The van der Waals surface area contributed by atoms with Crippen LogP contribution in [0.4, 0.5) is 0 Å². The van der Waals surface area contributed by atoms with Gasteiger partial charge < -0.3 is 4.90 Å². The van der Waals surface area contributed by atoms with Crippen LogP contribution in [0, 0.1) is 13.8 Å². The van der Waals surface area contributed by atoms with Crippen LogP contribution in [0.15, 0.2) is 18.5 Å². The van der Waals surface area contributed by atoms with Gasteiger partial charge in [-0.1, -0.05) is 0 Å². The Bertz CT molecular complexity index is 648. The molecule has 118 valence electrons. The number of carbonyl (C=O) groups excluding carboxylic acids is 1. The molecule has 22 heavy (non-hydrogen) atoms. The van der Waals surface area contributed by atoms with Crippen LogP contribution in [0.1, 0.15) is 40.8 Å². The Balaban J connectivity index is 1.55. The average molecular weight is 318 g/mol. The zero-order valence-corrected chi connectivity index (χ0v) is 14.0. The zero-order chi connectivity index (χ0) is 15.5. The highest BCUT2D eigenvalue weighted by Crippen LogP contribution is 2.29. The van der Waals surface area contributed by atoms with Crippen LogP contribution in [-0.4, -0.2) is 38.7 Å². The maximum atomic E-state index is 12.4. The summed E-state index contributed by atoms with van der Waals surface area (Å²) in [5.41, 5.74) is 0.990. The predicted octanol–water partition coefficient (Wildman–Crippen LogP) is 2.75. The number of hydrogen-bond acceptors (Lipinski definition) is 4. The highest BCUT2D eigenvalue weighted by atomic mass is 32.1. The normalized spacial score (nSPS) is 18.6. The van der Waals surface area contributed by atoms with Crippen molar-refractivity contribution in [1.82, 2.24) is 19.7 Å². The fraction of sp³-hybridized carbons (Fsp3) is 0.562. The molecule has 0 bridgehead atoms. The summed E-state index contributed by atoms with van der Waals surface area (Å²) in [6, 6.07) is 1.96. The molecule has 5 nitrogen and oxygen atoms in total. The van der Waals surface area contributed by atoms with E-state index in [1.54, 1.807) is 11.3 Å². The van der Waals surface area contributed by atoms with Crippen molar-refractivity contribution in [2.75, 3.05) is 13.1 Å². The Morgan fingerprint density at radius 2 is 2.32 bits per heavy atom. The molecule has 1 aliphatic heterocycles. The fourth-order valence-corrected chi connectivity index (χ4v) is 3.82. The number of likely N-dealkylation sites (tertiary alicyclic amines) is 1. The van der Waals surface area contributed by atoms with Gasteiger partial charge in [-0.2, -0.15) is 5.10 Å². The Morgan fingerprint density at radius 1 is 1.45 bits per heavy atom. The van der Waals surface area contributed by atoms with E-state index < -0.39 is 0 Å². The van der Waals surface area contributed by atoms with Gasteiger partial charge in [-0.25, -0.2) is 4.98 Å². The van der Waals surface area contributed by atoms with Crippen molar-refractivity contribution in [2.24, 2.45) is 0 Å². The molecule has 2 aromatic heterocycles. The van der Waals surface area contributed by atoms with Crippen LogP contribution in [0.5, 0.6) is 0 Å². The largest absolute Gasteiger partial charge is 0.342 e. The quantitative estimate of drug-likeness (QED) is 0.871. The van der Waals surface area contributed by atoms with Crippen LogP contribution < -0.4 is 0 Å². The first-order valence-corrected chi connectivity index (χ1v) is 8.63. The number of aromatic nitrogens is 3. The average Bonchev–Trinajstić information content (AvgIpc) is 3.13. The molecule has 1 fully saturated rings. The summed E-state index contributed by atoms with van der Waals surface area (Å²) in [4.78, 5) is 20.2. The monoisotopic (exact) mass is 318 g/mol. The lowest BCUT2D eigenvalue weighted by Gasteiger charge is -2.32. The second-order valence-electron chi connectivity index (χ2n) is 5.96. The standard InChI is InChI=1S/C16H22N4OS/c1-12-5-8-20(18-12)9-6-15(21)19-7-3-4-14(11-19)16-17-10-13(2)22-16/h5,8,10,14H,3-4,6-7,9,11H2,1-2H3. The van der Waals surface area contributed by atoms with Gasteiger partial charge in [0.25, 0.3) is 0 Å². The molecule has 0 aromatic carbocycles. The molecule has 0 N–H and O–H groups in total. The summed E-state index contributed by atoms with van der Waals surface area (Å²) in [7, 11) is 0. The second-order valence-corrected chi connectivity index (χ2v) is 7.22. The summed E-state index contributed by atoms with van der Waals surface area (Å²) in [5.74, 6) is 0.634. The minimum Gasteiger partial charge on any atom is -0.342 e. The predicted molar refractivity (Wildman–Crippen MR) is 87.0 cm³/mol. The third-order valence-corrected chi connectivity index (χ3v) is 5.17. The maximum absolute atomic E-state index is 12.4. The number of carbonyl (C=O) groups is 1. The first kappa shape index (κ1) is 15.2. The fourth-order valence-electron chi connectivity index (χ4n) is 2.92. The van der Waals surface area contributed by atoms with E-state index in [1.807, 2.05) is 35.0 Å². The first-order valence-electron chi connectivity index (χ1n) is 7.82. The van der Waals surface area contributed by atoms with Gasteiger partial charge in [0.15, 0.2) is 0 Å². The highest BCUT2D eigenvalue weighted by Gasteiger charge is 2.26. The summed E-state index contributed by atoms with van der Waals surface area (Å²) in [6.45, 7) is 6.38. The zero-order valence-electron chi connectivity index (χ0n) is 13.2. The van der Waals surface area contributed by atoms with Crippen molar-refractivity contribution < 1.29 is 4.79 Å². The minimum absolute atomic E-state index is 0.228. The number of nitrogens with zero attached hydrogens (tertiary/aromatic N) is 4. The molecule has 3 rings (SSSR count). The van der Waals surface area contributed by atoms with Gasteiger partial charge in [-0.15, -0.1) is 11.3 Å². The van der Waals surface area contributed by atoms with Crippen LogP contribution >= 0.6 is 11.3 Å². The molecule has 1 saturated heterocycles. The molecule has 1 atom stereocenters. The summed E-state index contributed by atoms with van der Waals surface area (Å²) in [6.07, 6.45) is 6.58. The van der Waals surface area contributed by atoms with Crippen LogP contribution in [0.2, 0.25) is 0 Å². The van der Waals surface area contributed by atoms with Gasteiger partial charge in [0, 0.05) is 49.2 Å². The molecule has 1 amide bonds. The Labute approximate surface area is 135 Å². The minimum atomic E-state index is 0.228. The lowest BCUT2D eigenvalue weighted by Crippen LogP contribution is -2.39. The van der Waals surface area contributed by atoms with Crippen molar-refractivity contribution in [1.29, 1.82) is 0 Å². The Hall–Kier alpha value is -1.69. The van der Waals surface area contributed by atoms with Gasteiger partial charge >= 0.3 is 0 Å². The molecule has 0 spiro atoms. The summed E-state index contributed by atoms with van der Waals surface area (Å²) >= 11 is 1.76. The maximum Gasteiger partial charge on any atom is 0.224 e.